The van der Waals surface area contributed by atoms with Crippen molar-refractivity contribution in [1.29, 1.82) is 0 Å². The fourth-order valence-corrected chi connectivity index (χ4v) is 1.45. The molecule has 0 aliphatic carbocycles. The Balaban J connectivity index is 2.32. The maximum absolute atomic E-state index is 10.6. The molecule has 1 saturated heterocycles. The average molecular weight is 172 g/mol. The molecule has 0 saturated carbocycles. The summed E-state index contributed by atoms with van der Waals surface area (Å²) in [5, 5.41) is 10.6. The number of hydrogen-bond acceptors (Lipinski definition) is 3. The van der Waals surface area contributed by atoms with Gasteiger partial charge in [0, 0.05) is 24.4 Å². The monoisotopic (exact) mass is 172 g/mol. The maximum Gasteiger partial charge on any atom is 0.268 e. The Morgan fingerprint density at radius 2 is 2.25 bits per heavy atom. The fraction of sp³-hybridized carbons (Fsp3) is 1.00. The third-order valence-corrected chi connectivity index (χ3v) is 2.37. The first-order valence-corrected chi connectivity index (χ1v) is 4.63. The van der Waals surface area contributed by atoms with E-state index in [1.165, 1.54) is 0 Å². The van der Waals surface area contributed by atoms with Crippen molar-refractivity contribution in [2.24, 2.45) is 0 Å². The number of likely N-dealkylation sites (tertiary alicyclic amines) is 1. The van der Waals surface area contributed by atoms with E-state index in [4.69, 9.17) is 0 Å². The van der Waals surface area contributed by atoms with E-state index in [9.17, 15) is 10.1 Å². The van der Waals surface area contributed by atoms with Crippen LogP contribution in [0.1, 0.15) is 32.6 Å². The second kappa shape index (κ2) is 4.40. The largest absolute Gasteiger partial charge is 0.268 e. The molecule has 1 aliphatic rings. The van der Waals surface area contributed by atoms with Gasteiger partial charge in [-0.25, -0.2) is 4.90 Å². The highest BCUT2D eigenvalue weighted by atomic mass is 16.6. The standard InChI is InChI=1S/C8H16N2O2/c1-2-3-5-8(10(11)12)9-6-4-7-9/h8H,2-7H2,1H3. The fourth-order valence-electron chi connectivity index (χ4n) is 1.45. The zero-order valence-electron chi connectivity index (χ0n) is 7.53. The molecule has 0 spiro atoms. The Kier molecular flexibility index (Phi) is 3.47. The van der Waals surface area contributed by atoms with Crippen LogP contribution in [-0.2, 0) is 0 Å². The molecule has 0 bridgehead atoms. The number of rotatable bonds is 5. The molecule has 0 radical (unpaired) electrons. The summed E-state index contributed by atoms with van der Waals surface area (Å²) in [7, 11) is 0. The van der Waals surface area contributed by atoms with Crippen LogP contribution in [0.15, 0.2) is 0 Å². The van der Waals surface area contributed by atoms with Gasteiger partial charge in [0.2, 0.25) is 0 Å². The van der Waals surface area contributed by atoms with Crippen molar-refractivity contribution >= 4 is 0 Å². The Bertz CT molecular complexity index is 157. The molecule has 1 rings (SSSR count). The van der Waals surface area contributed by atoms with E-state index in [1.54, 1.807) is 0 Å². The molecule has 0 aromatic carbocycles. The first kappa shape index (κ1) is 9.45. The molecule has 1 heterocycles. The van der Waals surface area contributed by atoms with Crippen molar-refractivity contribution in [2.45, 2.75) is 38.8 Å². The van der Waals surface area contributed by atoms with Crippen molar-refractivity contribution in [2.75, 3.05) is 13.1 Å². The normalized spacial score (nSPS) is 20.1. The highest BCUT2D eigenvalue weighted by molar-refractivity contribution is 4.71. The van der Waals surface area contributed by atoms with Gasteiger partial charge in [-0.3, -0.25) is 10.1 Å². The number of hydrogen-bond donors (Lipinski definition) is 0. The summed E-state index contributed by atoms with van der Waals surface area (Å²) in [5.41, 5.74) is 0. The lowest BCUT2D eigenvalue weighted by atomic mass is 10.1. The second-order valence-corrected chi connectivity index (χ2v) is 3.30. The lowest BCUT2D eigenvalue weighted by Crippen LogP contribution is -2.48. The number of nitro groups is 1. The van der Waals surface area contributed by atoms with E-state index in [0.717, 1.165) is 32.4 Å². The molecular weight excluding hydrogens is 156 g/mol. The molecule has 0 amide bonds. The van der Waals surface area contributed by atoms with Gasteiger partial charge in [-0.2, -0.15) is 0 Å². The van der Waals surface area contributed by atoms with E-state index in [-0.39, 0.29) is 4.92 Å². The molecule has 1 unspecified atom stereocenters. The van der Waals surface area contributed by atoms with Gasteiger partial charge >= 0.3 is 0 Å². The molecule has 0 aromatic heterocycles. The molecule has 1 fully saturated rings. The summed E-state index contributed by atoms with van der Waals surface area (Å²) in [6, 6.07) is 0. The van der Waals surface area contributed by atoms with E-state index >= 15 is 0 Å². The van der Waals surface area contributed by atoms with Gasteiger partial charge in [0.25, 0.3) is 6.17 Å². The summed E-state index contributed by atoms with van der Waals surface area (Å²) in [6.45, 7) is 3.89. The molecular formula is C8H16N2O2. The lowest BCUT2D eigenvalue weighted by Gasteiger charge is -2.32. The first-order chi connectivity index (χ1) is 5.75. The lowest BCUT2D eigenvalue weighted by molar-refractivity contribution is -0.555. The minimum atomic E-state index is -0.404. The Morgan fingerprint density at radius 1 is 1.58 bits per heavy atom. The topological polar surface area (TPSA) is 46.4 Å². The van der Waals surface area contributed by atoms with Crippen molar-refractivity contribution in [1.82, 2.24) is 4.90 Å². The second-order valence-electron chi connectivity index (χ2n) is 3.30. The van der Waals surface area contributed by atoms with E-state index in [0.29, 0.717) is 6.42 Å². The smallest absolute Gasteiger partial charge is 0.263 e. The quantitative estimate of drug-likeness (QED) is 0.466. The van der Waals surface area contributed by atoms with Crippen LogP contribution in [0, 0.1) is 10.1 Å². The van der Waals surface area contributed by atoms with Crippen LogP contribution in [0.3, 0.4) is 0 Å². The van der Waals surface area contributed by atoms with Gasteiger partial charge in [0.1, 0.15) is 0 Å². The van der Waals surface area contributed by atoms with E-state index in [2.05, 4.69) is 6.92 Å². The average Bonchev–Trinajstić information content (AvgIpc) is 1.93. The summed E-state index contributed by atoms with van der Waals surface area (Å²) in [4.78, 5) is 12.4. The van der Waals surface area contributed by atoms with Gasteiger partial charge in [0.15, 0.2) is 0 Å². The van der Waals surface area contributed by atoms with Crippen LogP contribution < -0.4 is 0 Å². The van der Waals surface area contributed by atoms with Crippen molar-refractivity contribution < 1.29 is 4.92 Å². The van der Waals surface area contributed by atoms with Gasteiger partial charge in [-0.1, -0.05) is 13.3 Å². The highest BCUT2D eigenvalue weighted by Crippen LogP contribution is 2.16. The van der Waals surface area contributed by atoms with Crippen LogP contribution in [0.4, 0.5) is 0 Å². The summed E-state index contributed by atoms with van der Waals surface area (Å²) in [6.07, 6.45) is 3.43. The SMILES string of the molecule is CCCCC(N1CCC1)[N+](=O)[O-]. The van der Waals surface area contributed by atoms with Crippen LogP contribution in [0.5, 0.6) is 0 Å². The van der Waals surface area contributed by atoms with Crippen molar-refractivity contribution in [3.63, 3.8) is 0 Å². The number of unbranched alkanes of at least 4 members (excludes halogenated alkanes) is 1. The molecule has 4 heteroatoms. The molecule has 12 heavy (non-hydrogen) atoms. The predicted molar refractivity (Wildman–Crippen MR) is 46.5 cm³/mol. The third kappa shape index (κ3) is 2.17. The van der Waals surface area contributed by atoms with Crippen LogP contribution in [0.25, 0.3) is 0 Å². The molecule has 0 N–H and O–H groups in total. The summed E-state index contributed by atoms with van der Waals surface area (Å²) < 4.78 is 0. The third-order valence-electron chi connectivity index (χ3n) is 2.37. The van der Waals surface area contributed by atoms with Gasteiger partial charge in [-0.15, -0.1) is 0 Å². The molecule has 1 aliphatic heterocycles. The highest BCUT2D eigenvalue weighted by Gasteiger charge is 2.31. The summed E-state index contributed by atoms with van der Waals surface area (Å²) in [5.74, 6) is 0. The van der Waals surface area contributed by atoms with Gasteiger partial charge in [-0.05, 0) is 12.8 Å². The van der Waals surface area contributed by atoms with Crippen LogP contribution in [-0.4, -0.2) is 29.1 Å². The van der Waals surface area contributed by atoms with E-state index < -0.39 is 6.17 Å². The van der Waals surface area contributed by atoms with Crippen LogP contribution >= 0.6 is 0 Å². The Labute approximate surface area is 72.7 Å². The summed E-state index contributed by atoms with van der Waals surface area (Å²) >= 11 is 0. The number of nitrogens with zero attached hydrogens (tertiary/aromatic N) is 2. The molecule has 1 atom stereocenters. The minimum Gasteiger partial charge on any atom is -0.263 e. The van der Waals surface area contributed by atoms with Crippen LogP contribution in [0.2, 0.25) is 0 Å². The van der Waals surface area contributed by atoms with Gasteiger partial charge in [0.05, 0.1) is 0 Å². The Morgan fingerprint density at radius 3 is 2.58 bits per heavy atom. The van der Waals surface area contributed by atoms with E-state index in [1.807, 2.05) is 4.90 Å². The minimum absolute atomic E-state index is 0.144. The molecule has 0 aromatic rings. The Hall–Kier alpha value is -0.640. The van der Waals surface area contributed by atoms with Crippen molar-refractivity contribution in [3.05, 3.63) is 10.1 Å². The maximum atomic E-state index is 10.6. The molecule has 4 nitrogen and oxygen atoms in total. The van der Waals surface area contributed by atoms with Crippen molar-refractivity contribution in [3.8, 4) is 0 Å². The zero-order valence-corrected chi connectivity index (χ0v) is 7.53. The van der Waals surface area contributed by atoms with Gasteiger partial charge < -0.3 is 0 Å². The first-order valence-electron chi connectivity index (χ1n) is 4.63. The predicted octanol–water partition coefficient (Wildman–Crippen LogP) is 1.49. The molecule has 70 valence electrons. The zero-order chi connectivity index (χ0) is 8.97.